The van der Waals surface area contributed by atoms with Crippen molar-refractivity contribution >= 4 is 22.4 Å². The molecule has 0 aliphatic carbocycles. The normalized spacial score (nSPS) is 10.7. The van der Waals surface area contributed by atoms with E-state index in [-0.39, 0.29) is 11.6 Å². The number of thiazole rings is 1. The number of benzene rings is 1. The van der Waals surface area contributed by atoms with Crippen LogP contribution in [0.2, 0.25) is 0 Å². The highest BCUT2D eigenvalue weighted by Crippen LogP contribution is 2.26. The van der Waals surface area contributed by atoms with Crippen LogP contribution in [0.15, 0.2) is 64.8 Å². The molecule has 4 aromatic rings. The molecule has 0 unspecified atom stereocenters. The Hall–Kier alpha value is -3.32. The molecule has 0 saturated heterocycles. The molecule has 0 spiro atoms. The van der Waals surface area contributed by atoms with Crippen molar-refractivity contribution in [3.63, 3.8) is 0 Å². The van der Waals surface area contributed by atoms with E-state index in [9.17, 15) is 4.79 Å². The van der Waals surface area contributed by atoms with E-state index in [0.29, 0.717) is 10.9 Å². The molecule has 3 heterocycles. The summed E-state index contributed by atoms with van der Waals surface area (Å²) in [5.41, 5.74) is 4.13. The van der Waals surface area contributed by atoms with Crippen molar-refractivity contribution < 1.29 is 9.32 Å². The molecule has 1 amide bonds. The quantitative estimate of drug-likeness (QED) is 0.547. The largest absolute Gasteiger partial charge is 0.355 e. The first-order valence-electron chi connectivity index (χ1n) is 8.46. The van der Waals surface area contributed by atoms with Crippen LogP contribution in [0, 0.1) is 0 Å². The van der Waals surface area contributed by atoms with Crippen molar-refractivity contribution in [3.05, 3.63) is 71.5 Å². The van der Waals surface area contributed by atoms with E-state index in [1.54, 1.807) is 30.6 Å². The van der Waals surface area contributed by atoms with Gasteiger partial charge in [0, 0.05) is 35.0 Å². The van der Waals surface area contributed by atoms with Gasteiger partial charge in [0.15, 0.2) is 16.6 Å². The Kier molecular flexibility index (Phi) is 4.76. The molecule has 1 aromatic carbocycles. The average molecular weight is 376 g/mol. The minimum Gasteiger partial charge on any atom is -0.355 e. The zero-order valence-corrected chi connectivity index (χ0v) is 15.4. The summed E-state index contributed by atoms with van der Waals surface area (Å²) in [5, 5.41) is 9.05. The van der Waals surface area contributed by atoms with E-state index in [4.69, 9.17) is 4.52 Å². The fraction of sp³-hybridized carbons (Fsp3) is 0.100. The predicted octanol–water partition coefficient (Wildman–Crippen LogP) is 4.67. The maximum absolute atomic E-state index is 12.4. The molecule has 4 rings (SSSR count). The first-order valence-corrected chi connectivity index (χ1v) is 9.34. The molecular formula is C20H16N4O2S. The molecule has 134 valence electrons. The number of anilines is 1. The third kappa shape index (κ3) is 3.78. The van der Waals surface area contributed by atoms with Gasteiger partial charge in [-0.05, 0) is 24.1 Å². The van der Waals surface area contributed by atoms with E-state index in [1.807, 2.05) is 17.5 Å². The van der Waals surface area contributed by atoms with E-state index in [2.05, 4.69) is 39.5 Å². The van der Waals surface area contributed by atoms with Crippen LogP contribution in [0.25, 0.3) is 22.6 Å². The third-order valence-corrected chi connectivity index (χ3v) is 4.85. The second-order valence-electron chi connectivity index (χ2n) is 5.85. The minimum atomic E-state index is -0.360. The summed E-state index contributed by atoms with van der Waals surface area (Å²) in [7, 11) is 0. The zero-order valence-electron chi connectivity index (χ0n) is 14.5. The highest BCUT2D eigenvalue weighted by atomic mass is 32.1. The van der Waals surface area contributed by atoms with Crippen LogP contribution in [-0.2, 0) is 6.42 Å². The van der Waals surface area contributed by atoms with Crippen LogP contribution < -0.4 is 5.32 Å². The number of rotatable bonds is 5. The molecule has 27 heavy (non-hydrogen) atoms. The molecule has 0 bridgehead atoms. The first-order chi connectivity index (χ1) is 13.2. The van der Waals surface area contributed by atoms with E-state index in [0.717, 1.165) is 23.2 Å². The highest BCUT2D eigenvalue weighted by molar-refractivity contribution is 7.14. The van der Waals surface area contributed by atoms with Crippen molar-refractivity contribution in [1.82, 2.24) is 15.1 Å². The highest BCUT2D eigenvalue weighted by Gasteiger charge is 2.15. The Morgan fingerprint density at radius 2 is 1.89 bits per heavy atom. The van der Waals surface area contributed by atoms with Crippen LogP contribution in [-0.4, -0.2) is 21.0 Å². The predicted molar refractivity (Wildman–Crippen MR) is 105 cm³/mol. The molecule has 0 fully saturated rings. The number of nitrogens with zero attached hydrogens (tertiary/aromatic N) is 3. The molecule has 0 saturated carbocycles. The molecule has 0 aliphatic rings. The monoisotopic (exact) mass is 376 g/mol. The summed E-state index contributed by atoms with van der Waals surface area (Å²) in [6, 6.07) is 13.4. The average Bonchev–Trinajstić information content (AvgIpc) is 3.39. The Morgan fingerprint density at radius 1 is 1.11 bits per heavy atom. The van der Waals surface area contributed by atoms with Crippen molar-refractivity contribution in [2.75, 3.05) is 5.32 Å². The number of hydrogen-bond donors (Lipinski definition) is 1. The fourth-order valence-electron chi connectivity index (χ4n) is 2.57. The molecule has 0 aliphatic heterocycles. The Labute approximate surface area is 159 Å². The fourth-order valence-corrected chi connectivity index (χ4v) is 3.29. The van der Waals surface area contributed by atoms with Gasteiger partial charge in [0.05, 0.1) is 5.69 Å². The third-order valence-electron chi connectivity index (χ3n) is 4.09. The second-order valence-corrected chi connectivity index (χ2v) is 6.71. The van der Waals surface area contributed by atoms with Crippen molar-refractivity contribution in [3.8, 4) is 22.6 Å². The minimum absolute atomic E-state index is 0.200. The lowest BCUT2D eigenvalue weighted by Gasteiger charge is -1.99. The summed E-state index contributed by atoms with van der Waals surface area (Å²) in [6.07, 6.45) is 4.31. The maximum Gasteiger partial charge on any atom is 0.279 e. The van der Waals surface area contributed by atoms with Gasteiger partial charge in [-0.3, -0.25) is 15.1 Å². The number of hydrogen-bond acceptors (Lipinski definition) is 6. The topological polar surface area (TPSA) is 80.9 Å². The zero-order chi connectivity index (χ0) is 18.6. The van der Waals surface area contributed by atoms with E-state index < -0.39 is 0 Å². The summed E-state index contributed by atoms with van der Waals surface area (Å²) in [4.78, 5) is 20.9. The van der Waals surface area contributed by atoms with Crippen molar-refractivity contribution in [2.45, 2.75) is 13.3 Å². The first kappa shape index (κ1) is 17.1. The van der Waals surface area contributed by atoms with Gasteiger partial charge in [-0.1, -0.05) is 36.3 Å². The molecular weight excluding hydrogens is 360 g/mol. The number of aryl methyl sites for hydroxylation is 1. The Bertz CT molecular complexity index is 1060. The summed E-state index contributed by atoms with van der Waals surface area (Å²) in [6.45, 7) is 2.12. The standard InChI is InChI=1S/C20H16N4O2S/c1-2-13-3-5-14(6-4-13)17-12-27-20(22-17)23-19(25)16-11-18(26-24-16)15-7-9-21-10-8-15/h3-12H,2H2,1H3,(H,22,23,25). The molecule has 0 atom stereocenters. The van der Waals surface area contributed by atoms with Crippen LogP contribution in [0.1, 0.15) is 23.0 Å². The molecule has 3 aromatic heterocycles. The van der Waals surface area contributed by atoms with Crippen LogP contribution in [0.3, 0.4) is 0 Å². The number of pyridine rings is 1. The maximum atomic E-state index is 12.4. The van der Waals surface area contributed by atoms with Gasteiger partial charge < -0.3 is 4.52 Å². The van der Waals surface area contributed by atoms with E-state index >= 15 is 0 Å². The molecule has 7 heteroatoms. The van der Waals surface area contributed by atoms with Crippen LogP contribution in [0.4, 0.5) is 5.13 Å². The molecule has 6 nitrogen and oxygen atoms in total. The summed E-state index contributed by atoms with van der Waals surface area (Å²) in [5.74, 6) is 0.152. The number of carbonyl (C=O) groups is 1. The van der Waals surface area contributed by atoms with Gasteiger partial charge in [0.2, 0.25) is 0 Å². The van der Waals surface area contributed by atoms with Gasteiger partial charge in [0.25, 0.3) is 5.91 Å². The Morgan fingerprint density at radius 3 is 2.63 bits per heavy atom. The van der Waals surface area contributed by atoms with Gasteiger partial charge in [-0.15, -0.1) is 11.3 Å². The van der Waals surface area contributed by atoms with E-state index in [1.165, 1.54) is 16.9 Å². The van der Waals surface area contributed by atoms with Crippen LogP contribution >= 0.6 is 11.3 Å². The van der Waals surface area contributed by atoms with Gasteiger partial charge >= 0.3 is 0 Å². The second kappa shape index (κ2) is 7.51. The number of aromatic nitrogens is 3. The number of amides is 1. The molecule has 1 N–H and O–H groups in total. The molecule has 0 radical (unpaired) electrons. The Balaban J connectivity index is 1.47. The van der Waals surface area contributed by atoms with Gasteiger partial charge in [-0.25, -0.2) is 4.98 Å². The number of carbonyl (C=O) groups excluding carboxylic acids is 1. The van der Waals surface area contributed by atoms with Crippen LogP contribution in [0.5, 0.6) is 0 Å². The lowest BCUT2D eigenvalue weighted by Crippen LogP contribution is -2.11. The SMILES string of the molecule is CCc1ccc(-c2csc(NC(=O)c3cc(-c4ccncc4)on3)n2)cc1. The number of nitrogens with one attached hydrogen (secondary N) is 1. The summed E-state index contributed by atoms with van der Waals surface area (Å²) >= 11 is 1.37. The summed E-state index contributed by atoms with van der Waals surface area (Å²) < 4.78 is 5.25. The van der Waals surface area contributed by atoms with Gasteiger partial charge in [0.1, 0.15) is 0 Å². The van der Waals surface area contributed by atoms with Crippen molar-refractivity contribution in [1.29, 1.82) is 0 Å². The smallest absolute Gasteiger partial charge is 0.279 e. The lowest BCUT2D eigenvalue weighted by molar-refractivity contribution is 0.101. The van der Waals surface area contributed by atoms with Crippen molar-refractivity contribution in [2.24, 2.45) is 0 Å². The van der Waals surface area contributed by atoms with Gasteiger partial charge in [-0.2, -0.15) is 0 Å². The lowest BCUT2D eigenvalue weighted by atomic mass is 10.1.